The molecule has 0 N–H and O–H groups in total. The largest absolute Gasteiger partial charge is 0.490 e. The quantitative estimate of drug-likeness (QED) is 0.353. The van der Waals surface area contributed by atoms with Crippen LogP contribution >= 0.6 is 0 Å². The van der Waals surface area contributed by atoms with Crippen LogP contribution in [0.3, 0.4) is 0 Å². The fourth-order valence-corrected chi connectivity index (χ4v) is 2.77. The highest BCUT2D eigenvalue weighted by molar-refractivity contribution is 6.07. The van der Waals surface area contributed by atoms with Gasteiger partial charge in [-0.05, 0) is 69.2 Å². The second kappa shape index (κ2) is 10.4. The average Bonchev–Trinajstić information content (AvgIpc) is 2.70. The predicted molar refractivity (Wildman–Crippen MR) is 119 cm³/mol. The molecule has 0 aliphatic carbocycles. The standard InChI is InChI=1S/C25H29NO3/c1-6-7-8-19-9-16-24(29-18(2)3)22(17-19)14-15-23(27)20-10-12-21(13-11-20)25(28)26(4)5/h6-7,9-18H,8H2,1-5H3/b7-6+,15-14+. The fourth-order valence-electron chi connectivity index (χ4n) is 2.77. The molecule has 2 aromatic carbocycles. The third-order valence-electron chi connectivity index (χ3n) is 4.26. The highest BCUT2D eigenvalue weighted by Crippen LogP contribution is 2.24. The number of amides is 1. The van der Waals surface area contributed by atoms with E-state index in [9.17, 15) is 9.59 Å². The topological polar surface area (TPSA) is 46.6 Å². The minimum Gasteiger partial charge on any atom is -0.490 e. The lowest BCUT2D eigenvalue weighted by Crippen LogP contribution is -2.21. The SMILES string of the molecule is C/C=C/Cc1ccc(OC(C)C)c(/C=C/C(=O)c2ccc(C(=O)N(C)C)cc2)c1. The maximum Gasteiger partial charge on any atom is 0.253 e. The molecule has 0 heterocycles. The van der Waals surface area contributed by atoms with Gasteiger partial charge in [0.2, 0.25) is 0 Å². The van der Waals surface area contributed by atoms with E-state index in [0.717, 1.165) is 23.3 Å². The van der Waals surface area contributed by atoms with Crippen LogP contribution in [0.25, 0.3) is 6.08 Å². The monoisotopic (exact) mass is 391 g/mol. The van der Waals surface area contributed by atoms with Gasteiger partial charge in [0.15, 0.2) is 5.78 Å². The van der Waals surface area contributed by atoms with E-state index in [2.05, 4.69) is 6.08 Å². The van der Waals surface area contributed by atoms with Gasteiger partial charge in [-0.15, -0.1) is 0 Å². The maximum absolute atomic E-state index is 12.6. The molecule has 0 unspecified atom stereocenters. The van der Waals surface area contributed by atoms with Crippen LogP contribution in [0.5, 0.6) is 5.75 Å². The summed E-state index contributed by atoms with van der Waals surface area (Å²) in [6.07, 6.45) is 8.31. The number of benzene rings is 2. The molecule has 0 saturated heterocycles. The van der Waals surface area contributed by atoms with E-state index in [1.165, 1.54) is 4.90 Å². The van der Waals surface area contributed by atoms with Crippen molar-refractivity contribution in [1.82, 2.24) is 4.90 Å². The van der Waals surface area contributed by atoms with Crippen molar-refractivity contribution < 1.29 is 14.3 Å². The van der Waals surface area contributed by atoms with Gasteiger partial charge in [0.05, 0.1) is 6.10 Å². The predicted octanol–water partition coefficient (Wildman–Crippen LogP) is 5.19. The molecule has 1 amide bonds. The molecule has 152 valence electrons. The number of carbonyl (C=O) groups excluding carboxylic acids is 2. The van der Waals surface area contributed by atoms with Gasteiger partial charge in [0.1, 0.15) is 5.75 Å². The first kappa shape index (κ1) is 22.2. The number of nitrogens with zero attached hydrogens (tertiary/aromatic N) is 1. The summed E-state index contributed by atoms with van der Waals surface area (Å²) in [4.78, 5) is 26.1. The number of hydrogen-bond donors (Lipinski definition) is 0. The first-order valence-electron chi connectivity index (χ1n) is 9.76. The van der Waals surface area contributed by atoms with Crippen LogP contribution in [-0.2, 0) is 6.42 Å². The molecule has 0 atom stereocenters. The van der Waals surface area contributed by atoms with E-state index >= 15 is 0 Å². The van der Waals surface area contributed by atoms with Crippen LogP contribution in [0.2, 0.25) is 0 Å². The molecule has 2 aromatic rings. The fraction of sp³-hybridized carbons (Fsp3) is 0.280. The Kier molecular flexibility index (Phi) is 7.96. The van der Waals surface area contributed by atoms with Crippen LogP contribution in [0.15, 0.2) is 60.7 Å². The molecular weight excluding hydrogens is 362 g/mol. The number of carbonyl (C=O) groups is 2. The van der Waals surface area contributed by atoms with Crippen molar-refractivity contribution in [3.8, 4) is 5.75 Å². The first-order chi connectivity index (χ1) is 13.8. The Morgan fingerprint density at radius 2 is 1.69 bits per heavy atom. The van der Waals surface area contributed by atoms with Crippen LogP contribution in [0.4, 0.5) is 0 Å². The number of ether oxygens (including phenoxy) is 1. The van der Waals surface area contributed by atoms with Gasteiger partial charge in [-0.3, -0.25) is 9.59 Å². The van der Waals surface area contributed by atoms with Gasteiger partial charge in [0.25, 0.3) is 5.91 Å². The molecule has 0 aliphatic heterocycles. The van der Waals surface area contributed by atoms with Crippen molar-refractivity contribution in [2.24, 2.45) is 0 Å². The van der Waals surface area contributed by atoms with Crippen molar-refractivity contribution in [1.29, 1.82) is 0 Å². The van der Waals surface area contributed by atoms with Gasteiger partial charge < -0.3 is 9.64 Å². The third kappa shape index (κ3) is 6.46. The molecule has 0 radical (unpaired) electrons. The van der Waals surface area contributed by atoms with Gasteiger partial charge >= 0.3 is 0 Å². The third-order valence-corrected chi connectivity index (χ3v) is 4.26. The molecule has 29 heavy (non-hydrogen) atoms. The van der Waals surface area contributed by atoms with Gasteiger partial charge in [-0.2, -0.15) is 0 Å². The molecule has 0 aliphatic rings. The zero-order valence-corrected chi connectivity index (χ0v) is 17.8. The van der Waals surface area contributed by atoms with Crippen LogP contribution in [-0.4, -0.2) is 36.8 Å². The summed E-state index contributed by atoms with van der Waals surface area (Å²) >= 11 is 0. The maximum atomic E-state index is 12.6. The van der Waals surface area contributed by atoms with Crippen LogP contribution < -0.4 is 4.74 Å². The Morgan fingerprint density at radius 1 is 1.03 bits per heavy atom. The summed E-state index contributed by atoms with van der Waals surface area (Å²) in [6, 6.07) is 12.7. The highest BCUT2D eigenvalue weighted by atomic mass is 16.5. The molecule has 2 rings (SSSR count). The lowest BCUT2D eigenvalue weighted by Gasteiger charge is -2.13. The molecule has 4 nitrogen and oxygen atoms in total. The van der Waals surface area contributed by atoms with E-state index in [1.807, 2.05) is 45.0 Å². The Hall–Kier alpha value is -3.14. The van der Waals surface area contributed by atoms with E-state index < -0.39 is 0 Å². The summed E-state index contributed by atoms with van der Waals surface area (Å²) < 4.78 is 5.88. The second-order valence-corrected chi connectivity index (χ2v) is 7.29. The number of rotatable bonds is 8. The van der Waals surface area contributed by atoms with Crippen LogP contribution in [0, 0.1) is 0 Å². The van der Waals surface area contributed by atoms with Crippen molar-refractivity contribution in [2.45, 2.75) is 33.3 Å². The summed E-state index contributed by atoms with van der Waals surface area (Å²) in [5.74, 6) is 0.538. The molecule has 4 heteroatoms. The summed E-state index contributed by atoms with van der Waals surface area (Å²) in [7, 11) is 3.40. The molecule has 0 saturated carbocycles. The first-order valence-corrected chi connectivity index (χ1v) is 9.76. The van der Waals surface area contributed by atoms with E-state index in [4.69, 9.17) is 4.74 Å². The molecule has 0 bridgehead atoms. The lowest BCUT2D eigenvalue weighted by molar-refractivity contribution is 0.0827. The minimum absolute atomic E-state index is 0.0426. The van der Waals surface area contributed by atoms with Gasteiger partial charge in [0, 0.05) is 30.8 Å². The minimum atomic E-state index is -0.122. The second-order valence-electron chi connectivity index (χ2n) is 7.29. The highest BCUT2D eigenvalue weighted by Gasteiger charge is 2.10. The Bertz CT molecular complexity index is 906. The molecular formula is C25H29NO3. The molecule has 0 fully saturated rings. The summed E-state index contributed by atoms with van der Waals surface area (Å²) in [5, 5.41) is 0. The van der Waals surface area contributed by atoms with Crippen molar-refractivity contribution in [3.05, 3.63) is 82.9 Å². The zero-order chi connectivity index (χ0) is 21.4. The smallest absolute Gasteiger partial charge is 0.253 e. The molecule has 0 aromatic heterocycles. The van der Waals surface area contributed by atoms with E-state index in [1.54, 1.807) is 50.5 Å². The molecule has 0 spiro atoms. The number of hydrogen-bond acceptors (Lipinski definition) is 3. The van der Waals surface area contributed by atoms with E-state index in [0.29, 0.717) is 11.1 Å². The van der Waals surface area contributed by atoms with Crippen molar-refractivity contribution in [2.75, 3.05) is 14.1 Å². The average molecular weight is 392 g/mol. The lowest BCUT2D eigenvalue weighted by atomic mass is 10.0. The van der Waals surface area contributed by atoms with Gasteiger partial charge in [-0.25, -0.2) is 0 Å². The van der Waals surface area contributed by atoms with Crippen molar-refractivity contribution in [3.63, 3.8) is 0 Å². The summed E-state index contributed by atoms with van der Waals surface area (Å²) in [5.41, 5.74) is 3.11. The zero-order valence-electron chi connectivity index (χ0n) is 17.8. The van der Waals surface area contributed by atoms with Crippen LogP contribution in [0.1, 0.15) is 52.6 Å². The number of ketones is 1. The Morgan fingerprint density at radius 3 is 2.28 bits per heavy atom. The Balaban J connectivity index is 2.24. The normalized spacial score (nSPS) is 11.4. The van der Waals surface area contributed by atoms with Gasteiger partial charge in [-0.1, -0.05) is 30.4 Å². The Labute approximate surface area is 173 Å². The number of allylic oxidation sites excluding steroid dienone is 3. The van der Waals surface area contributed by atoms with Crippen molar-refractivity contribution >= 4 is 17.8 Å². The summed E-state index contributed by atoms with van der Waals surface area (Å²) in [6.45, 7) is 5.94. The van der Waals surface area contributed by atoms with E-state index in [-0.39, 0.29) is 17.8 Å².